The van der Waals surface area contributed by atoms with Gasteiger partial charge in [0, 0.05) is 81.0 Å². The number of aromatic nitrogens is 1. The first-order chi connectivity index (χ1) is 25.5. The third-order valence-corrected chi connectivity index (χ3v) is 10.4. The van der Waals surface area contributed by atoms with E-state index in [1.54, 1.807) is 25.7 Å². The van der Waals surface area contributed by atoms with E-state index in [9.17, 15) is 24.3 Å². The van der Waals surface area contributed by atoms with Gasteiger partial charge >= 0.3 is 6.09 Å². The number of carbonyl (C=O) groups excluding carboxylic acids is 4. The van der Waals surface area contributed by atoms with Crippen LogP contribution in [0.2, 0.25) is 0 Å². The number of pyridine rings is 1. The number of ether oxygens (including phenoxy) is 1. The first-order valence-electron chi connectivity index (χ1n) is 18.8. The van der Waals surface area contributed by atoms with Gasteiger partial charge in [0.05, 0.1) is 18.0 Å². The Bertz CT molecular complexity index is 1670. The standard InChI is InChI=1S/C41H52N6O6/c1-41(2,3)53-40(52)43-36(28-48)39(51)46-18-14-31(15-19-46)37(49)45-20-16-33(17-21-45)44-22-24-47(25-23-44)38(50)32-26-34(29-10-6-4-7-11-29)42-35(27-32)30-12-8-5-9-13-30/h4-13,26-27,31,33,36,48H,14-25,28H2,1-3H3,(H,43,52)/t36-/m0/s1. The number of piperazine rings is 1. The van der Waals surface area contributed by atoms with E-state index in [-0.39, 0.29) is 23.6 Å². The zero-order chi connectivity index (χ0) is 37.5. The van der Waals surface area contributed by atoms with Crippen LogP contribution in [0.15, 0.2) is 72.8 Å². The van der Waals surface area contributed by atoms with Crippen molar-refractivity contribution in [2.45, 2.75) is 64.1 Å². The molecule has 3 fully saturated rings. The van der Waals surface area contributed by atoms with Crippen LogP contribution in [0, 0.1) is 5.92 Å². The molecule has 4 heterocycles. The van der Waals surface area contributed by atoms with Gasteiger partial charge in [0.1, 0.15) is 11.6 Å². The average Bonchev–Trinajstić information content (AvgIpc) is 3.19. The molecular formula is C41H52N6O6. The van der Waals surface area contributed by atoms with Crippen LogP contribution < -0.4 is 5.32 Å². The van der Waals surface area contributed by atoms with E-state index in [0.717, 1.165) is 48.4 Å². The predicted molar refractivity (Wildman–Crippen MR) is 202 cm³/mol. The molecule has 12 nitrogen and oxygen atoms in total. The van der Waals surface area contributed by atoms with Crippen LogP contribution in [0.25, 0.3) is 22.5 Å². The summed E-state index contributed by atoms with van der Waals surface area (Å²) >= 11 is 0. The van der Waals surface area contributed by atoms with Crippen molar-refractivity contribution in [2.75, 3.05) is 59.0 Å². The molecule has 3 aliphatic rings. The fourth-order valence-electron chi connectivity index (χ4n) is 7.55. The summed E-state index contributed by atoms with van der Waals surface area (Å²) in [6.45, 7) is 9.67. The van der Waals surface area contributed by atoms with Gasteiger partial charge < -0.3 is 29.9 Å². The smallest absolute Gasteiger partial charge is 0.408 e. The van der Waals surface area contributed by atoms with Crippen molar-refractivity contribution in [3.63, 3.8) is 0 Å². The fourth-order valence-corrected chi connectivity index (χ4v) is 7.55. The minimum absolute atomic E-state index is 0.0146. The zero-order valence-corrected chi connectivity index (χ0v) is 31.1. The summed E-state index contributed by atoms with van der Waals surface area (Å²) in [4.78, 5) is 65.5. The van der Waals surface area contributed by atoms with Gasteiger partial charge in [-0.25, -0.2) is 9.78 Å². The van der Waals surface area contributed by atoms with Crippen molar-refractivity contribution in [3.05, 3.63) is 78.4 Å². The largest absolute Gasteiger partial charge is 0.444 e. The van der Waals surface area contributed by atoms with Crippen molar-refractivity contribution in [2.24, 2.45) is 5.92 Å². The lowest BCUT2D eigenvalue weighted by Crippen LogP contribution is -2.56. The van der Waals surface area contributed by atoms with Crippen molar-refractivity contribution >= 4 is 23.8 Å². The number of rotatable bonds is 8. The molecule has 0 bridgehead atoms. The molecular weight excluding hydrogens is 672 g/mol. The molecule has 3 saturated heterocycles. The summed E-state index contributed by atoms with van der Waals surface area (Å²) in [5.41, 5.74) is 3.40. The van der Waals surface area contributed by atoms with Gasteiger partial charge in [0.15, 0.2) is 0 Å². The number of likely N-dealkylation sites (tertiary alicyclic amines) is 2. The molecule has 2 N–H and O–H groups in total. The van der Waals surface area contributed by atoms with Crippen LogP contribution in [0.1, 0.15) is 56.8 Å². The van der Waals surface area contributed by atoms with Gasteiger partial charge in [0.25, 0.3) is 5.91 Å². The van der Waals surface area contributed by atoms with Crippen LogP contribution in [-0.2, 0) is 14.3 Å². The highest BCUT2D eigenvalue weighted by Crippen LogP contribution is 2.28. The summed E-state index contributed by atoms with van der Waals surface area (Å²) in [5.74, 6) is -0.379. The van der Waals surface area contributed by atoms with Crippen LogP contribution in [0.5, 0.6) is 0 Å². The monoisotopic (exact) mass is 724 g/mol. The molecule has 53 heavy (non-hydrogen) atoms. The number of hydrogen-bond acceptors (Lipinski definition) is 8. The van der Waals surface area contributed by atoms with Gasteiger partial charge in [-0.1, -0.05) is 60.7 Å². The second-order valence-corrected chi connectivity index (χ2v) is 15.2. The molecule has 6 rings (SSSR count). The number of carbonyl (C=O) groups is 4. The lowest BCUT2D eigenvalue weighted by Gasteiger charge is -2.43. The number of aliphatic hydroxyl groups excluding tert-OH is 1. The molecule has 1 aromatic heterocycles. The van der Waals surface area contributed by atoms with Crippen LogP contribution in [-0.4, -0.2) is 130 Å². The Kier molecular flexibility index (Phi) is 12.1. The number of nitrogens with zero attached hydrogens (tertiary/aromatic N) is 5. The predicted octanol–water partition coefficient (Wildman–Crippen LogP) is 4.29. The van der Waals surface area contributed by atoms with Crippen LogP contribution in [0.4, 0.5) is 4.79 Å². The Hall–Kier alpha value is -4.81. The summed E-state index contributed by atoms with van der Waals surface area (Å²) in [5, 5.41) is 12.2. The fraction of sp³-hybridized carbons (Fsp3) is 0.488. The quantitative estimate of drug-likeness (QED) is 0.352. The summed E-state index contributed by atoms with van der Waals surface area (Å²) in [6.07, 6.45) is 2.10. The zero-order valence-electron chi connectivity index (χ0n) is 31.1. The second kappa shape index (κ2) is 16.9. The SMILES string of the molecule is CC(C)(C)OC(=O)N[C@@H](CO)C(=O)N1CCC(C(=O)N2CCC(N3CCN(C(=O)c4cc(-c5ccccc5)nc(-c5ccccc5)c4)CC3)CC2)CC1. The van der Waals surface area contributed by atoms with E-state index >= 15 is 0 Å². The molecule has 4 amide bonds. The average molecular weight is 725 g/mol. The Morgan fingerprint density at radius 3 is 1.79 bits per heavy atom. The highest BCUT2D eigenvalue weighted by molar-refractivity contribution is 5.96. The number of nitrogens with one attached hydrogen (secondary N) is 1. The molecule has 12 heteroatoms. The molecule has 2 aromatic carbocycles. The minimum Gasteiger partial charge on any atom is -0.444 e. The van der Waals surface area contributed by atoms with Crippen LogP contribution in [0.3, 0.4) is 0 Å². The Balaban J connectivity index is 0.972. The summed E-state index contributed by atoms with van der Waals surface area (Å²) in [6, 6.07) is 23.0. The number of amides is 4. The maximum Gasteiger partial charge on any atom is 0.408 e. The molecule has 0 saturated carbocycles. The van der Waals surface area contributed by atoms with Crippen molar-refractivity contribution in [3.8, 4) is 22.5 Å². The maximum absolute atomic E-state index is 13.9. The highest BCUT2D eigenvalue weighted by atomic mass is 16.6. The highest BCUT2D eigenvalue weighted by Gasteiger charge is 2.36. The molecule has 282 valence electrons. The number of hydrogen-bond donors (Lipinski definition) is 2. The van der Waals surface area contributed by atoms with Gasteiger partial charge in [0.2, 0.25) is 11.8 Å². The normalized spacial score (nSPS) is 18.4. The minimum atomic E-state index is -1.09. The Morgan fingerprint density at radius 1 is 0.755 bits per heavy atom. The molecule has 0 aliphatic carbocycles. The third kappa shape index (κ3) is 9.60. The van der Waals surface area contributed by atoms with Crippen LogP contribution >= 0.6 is 0 Å². The van der Waals surface area contributed by atoms with E-state index < -0.39 is 24.3 Å². The molecule has 1 atom stereocenters. The van der Waals surface area contributed by atoms with E-state index in [1.165, 1.54) is 0 Å². The second-order valence-electron chi connectivity index (χ2n) is 15.2. The number of alkyl carbamates (subject to hydrolysis) is 1. The first kappa shape index (κ1) is 37.9. The van der Waals surface area contributed by atoms with Gasteiger partial charge in [-0.05, 0) is 58.6 Å². The first-order valence-corrected chi connectivity index (χ1v) is 18.8. The Labute approximate surface area is 312 Å². The summed E-state index contributed by atoms with van der Waals surface area (Å²) < 4.78 is 5.23. The molecule has 0 spiro atoms. The number of piperidine rings is 2. The van der Waals surface area contributed by atoms with Crippen molar-refractivity contribution in [1.29, 1.82) is 0 Å². The van der Waals surface area contributed by atoms with Gasteiger partial charge in [-0.15, -0.1) is 0 Å². The van der Waals surface area contributed by atoms with E-state index in [4.69, 9.17) is 9.72 Å². The lowest BCUT2D eigenvalue weighted by atomic mass is 9.93. The topological polar surface area (TPSA) is 136 Å². The third-order valence-electron chi connectivity index (χ3n) is 10.4. The van der Waals surface area contributed by atoms with Gasteiger partial charge in [-0.3, -0.25) is 19.3 Å². The number of aliphatic hydroxyl groups is 1. The number of benzene rings is 2. The molecule has 3 aromatic rings. The Morgan fingerprint density at radius 2 is 1.28 bits per heavy atom. The summed E-state index contributed by atoms with van der Waals surface area (Å²) in [7, 11) is 0. The van der Waals surface area contributed by atoms with E-state index in [2.05, 4.69) is 10.2 Å². The van der Waals surface area contributed by atoms with E-state index in [0.29, 0.717) is 63.7 Å². The lowest BCUT2D eigenvalue weighted by molar-refractivity contribution is -0.143. The molecule has 0 unspecified atom stereocenters. The van der Waals surface area contributed by atoms with Gasteiger partial charge in [-0.2, -0.15) is 0 Å². The van der Waals surface area contributed by atoms with Crippen molar-refractivity contribution in [1.82, 2.24) is 29.9 Å². The van der Waals surface area contributed by atoms with E-state index in [1.807, 2.05) is 82.6 Å². The molecule has 3 aliphatic heterocycles. The maximum atomic E-state index is 13.9. The van der Waals surface area contributed by atoms with Crippen molar-refractivity contribution < 1.29 is 29.0 Å². The molecule has 0 radical (unpaired) electrons.